The molecule has 2 N–H and O–H groups in total. The smallest absolute Gasteiger partial charge is 0.136 e. The average Bonchev–Trinajstić information content (AvgIpc) is 2.41. The number of nitrogens with one attached hydrogen (secondary N) is 2. The lowest BCUT2D eigenvalue weighted by atomic mass is 10.2. The van der Waals surface area contributed by atoms with Crippen LogP contribution >= 0.6 is 22.6 Å². The molecule has 4 nitrogen and oxygen atoms in total. The summed E-state index contributed by atoms with van der Waals surface area (Å²) in [4.78, 5) is 8.98. The van der Waals surface area contributed by atoms with E-state index in [4.69, 9.17) is 0 Å². The SMILES string of the molecule is CNc1cc(Nc2ccc(I)cc2)nc(C(C)C)n1. The number of rotatable bonds is 4. The summed E-state index contributed by atoms with van der Waals surface area (Å²) in [5.74, 6) is 2.77. The monoisotopic (exact) mass is 368 g/mol. The Balaban J connectivity index is 2.28. The summed E-state index contributed by atoms with van der Waals surface area (Å²) in [5, 5.41) is 6.37. The van der Waals surface area contributed by atoms with E-state index in [2.05, 4.69) is 69.2 Å². The van der Waals surface area contributed by atoms with E-state index in [1.165, 1.54) is 3.57 Å². The molecular formula is C14H17IN4. The fourth-order valence-corrected chi connectivity index (χ4v) is 1.96. The minimum Gasteiger partial charge on any atom is -0.373 e. The minimum atomic E-state index is 0.297. The lowest BCUT2D eigenvalue weighted by Gasteiger charge is -2.11. The molecule has 0 aliphatic heterocycles. The summed E-state index contributed by atoms with van der Waals surface area (Å²) < 4.78 is 1.21. The van der Waals surface area contributed by atoms with Crippen molar-refractivity contribution in [3.63, 3.8) is 0 Å². The largest absolute Gasteiger partial charge is 0.373 e. The molecule has 0 radical (unpaired) electrons. The number of anilines is 3. The van der Waals surface area contributed by atoms with E-state index >= 15 is 0 Å². The van der Waals surface area contributed by atoms with Gasteiger partial charge in [0.1, 0.15) is 17.5 Å². The molecule has 1 aromatic carbocycles. The molecule has 2 rings (SSSR count). The van der Waals surface area contributed by atoms with Gasteiger partial charge in [-0.15, -0.1) is 0 Å². The third kappa shape index (κ3) is 3.79. The van der Waals surface area contributed by atoms with Gasteiger partial charge in [0.2, 0.25) is 0 Å². The summed E-state index contributed by atoms with van der Waals surface area (Å²) in [7, 11) is 1.86. The molecule has 0 amide bonds. The maximum Gasteiger partial charge on any atom is 0.136 e. The summed E-state index contributed by atoms with van der Waals surface area (Å²) >= 11 is 2.29. The first kappa shape index (κ1) is 14.0. The lowest BCUT2D eigenvalue weighted by molar-refractivity contribution is 0.778. The molecule has 0 bridgehead atoms. The topological polar surface area (TPSA) is 49.8 Å². The summed E-state index contributed by atoms with van der Waals surface area (Å²) in [6, 6.07) is 10.1. The highest BCUT2D eigenvalue weighted by molar-refractivity contribution is 14.1. The van der Waals surface area contributed by atoms with Gasteiger partial charge >= 0.3 is 0 Å². The van der Waals surface area contributed by atoms with E-state index in [9.17, 15) is 0 Å². The zero-order valence-electron chi connectivity index (χ0n) is 11.2. The maximum atomic E-state index is 4.53. The Morgan fingerprint density at radius 1 is 1.05 bits per heavy atom. The van der Waals surface area contributed by atoms with Crippen molar-refractivity contribution in [1.82, 2.24) is 9.97 Å². The van der Waals surface area contributed by atoms with Gasteiger partial charge in [-0.25, -0.2) is 9.97 Å². The van der Waals surface area contributed by atoms with Gasteiger partial charge in [-0.05, 0) is 46.9 Å². The molecule has 0 saturated heterocycles. The molecule has 0 aliphatic rings. The van der Waals surface area contributed by atoms with Crippen LogP contribution in [0.1, 0.15) is 25.6 Å². The molecule has 100 valence electrons. The zero-order valence-corrected chi connectivity index (χ0v) is 13.4. The van der Waals surface area contributed by atoms with Crippen LogP contribution in [0, 0.1) is 3.57 Å². The lowest BCUT2D eigenvalue weighted by Crippen LogP contribution is -2.05. The highest BCUT2D eigenvalue weighted by Crippen LogP contribution is 2.20. The van der Waals surface area contributed by atoms with Crippen LogP contribution in [0.15, 0.2) is 30.3 Å². The van der Waals surface area contributed by atoms with Gasteiger partial charge in [0.25, 0.3) is 0 Å². The number of benzene rings is 1. The van der Waals surface area contributed by atoms with Crippen LogP contribution < -0.4 is 10.6 Å². The van der Waals surface area contributed by atoms with Gasteiger partial charge in [-0.2, -0.15) is 0 Å². The molecule has 19 heavy (non-hydrogen) atoms. The van der Waals surface area contributed by atoms with Crippen LogP contribution in [0.25, 0.3) is 0 Å². The molecule has 0 saturated carbocycles. The molecule has 0 fully saturated rings. The highest BCUT2D eigenvalue weighted by atomic mass is 127. The number of hydrogen-bond acceptors (Lipinski definition) is 4. The van der Waals surface area contributed by atoms with Gasteiger partial charge in [-0.1, -0.05) is 13.8 Å². The average molecular weight is 368 g/mol. The number of halogens is 1. The maximum absolute atomic E-state index is 4.53. The Hall–Kier alpha value is -1.37. The highest BCUT2D eigenvalue weighted by Gasteiger charge is 2.07. The van der Waals surface area contributed by atoms with Crippen LogP contribution in [0.5, 0.6) is 0 Å². The second-order valence-electron chi connectivity index (χ2n) is 4.53. The molecule has 5 heteroatoms. The molecule has 1 aromatic heterocycles. The molecule has 0 unspecified atom stereocenters. The third-order valence-corrected chi connectivity index (χ3v) is 3.35. The van der Waals surface area contributed by atoms with E-state index < -0.39 is 0 Å². The van der Waals surface area contributed by atoms with Crippen LogP contribution in [0.3, 0.4) is 0 Å². The Bertz CT molecular complexity index is 552. The Morgan fingerprint density at radius 3 is 2.26 bits per heavy atom. The van der Waals surface area contributed by atoms with Gasteiger partial charge in [0, 0.05) is 28.3 Å². The Kier molecular flexibility index (Phi) is 4.57. The van der Waals surface area contributed by atoms with E-state index in [0.29, 0.717) is 5.92 Å². The quantitative estimate of drug-likeness (QED) is 0.802. The van der Waals surface area contributed by atoms with Crippen molar-refractivity contribution in [3.8, 4) is 0 Å². The Labute approximate surface area is 127 Å². The van der Waals surface area contributed by atoms with Gasteiger partial charge in [0.15, 0.2) is 0 Å². The zero-order chi connectivity index (χ0) is 13.8. The van der Waals surface area contributed by atoms with Gasteiger partial charge in [0.05, 0.1) is 0 Å². The van der Waals surface area contributed by atoms with Crippen molar-refractivity contribution in [2.75, 3.05) is 17.7 Å². The second-order valence-corrected chi connectivity index (χ2v) is 5.78. The standard InChI is InChI=1S/C14H17IN4/c1-9(2)14-18-12(16-3)8-13(19-14)17-11-6-4-10(15)5-7-11/h4-9H,1-3H3,(H2,16,17,18,19). The van der Waals surface area contributed by atoms with E-state index in [1.807, 2.05) is 25.2 Å². The van der Waals surface area contributed by atoms with Crippen molar-refractivity contribution in [2.45, 2.75) is 19.8 Å². The molecule has 2 aromatic rings. The van der Waals surface area contributed by atoms with Crippen LogP contribution in [-0.4, -0.2) is 17.0 Å². The molecule has 0 atom stereocenters. The van der Waals surface area contributed by atoms with Gasteiger partial charge < -0.3 is 10.6 Å². The van der Waals surface area contributed by atoms with Gasteiger partial charge in [-0.3, -0.25) is 0 Å². The van der Waals surface area contributed by atoms with Crippen molar-refractivity contribution < 1.29 is 0 Å². The number of aromatic nitrogens is 2. The first-order chi connectivity index (χ1) is 9.08. The van der Waals surface area contributed by atoms with E-state index in [1.54, 1.807) is 0 Å². The Morgan fingerprint density at radius 2 is 1.68 bits per heavy atom. The fourth-order valence-electron chi connectivity index (χ4n) is 1.60. The predicted octanol–water partition coefficient (Wildman–Crippen LogP) is 3.99. The normalized spacial score (nSPS) is 10.6. The van der Waals surface area contributed by atoms with Crippen molar-refractivity contribution in [3.05, 3.63) is 39.7 Å². The number of hydrogen-bond donors (Lipinski definition) is 2. The summed E-state index contributed by atoms with van der Waals surface area (Å²) in [5.41, 5.74) is 1.02. The number of nitrogens with zero attached hydrogens (tertiary/aromatic N) is 2. The predicted molar refractivity (Wildman–Crippen MR) is 88.1 cm³/mol. The van der Waals surface area contributed by atoms with Crippen molar-refractivity contribution >= 4 is 39.9 Å². The molecule has 1 heterocycles. The first-order valence-corrected chi connectivity index (χ1v) is 7.25. The fraction of sp³-hybridized carbons (Fsp3) is 0.286. The summed E-state index contributed by atoms with van der Waals surface area (Å²) in [6.45, 7) is 4.17. The minimum absolute atomic E-state index is 0.297. The van der Waals surface area contributed by atoms with E-state index in [-0.39, 0.29) is 0 Å². The molecule has 0 aliphatic carbocycles. The van der Waals surface area contributed by atoms with Crippen molar-refractivity contribution in [2.24, 2.45) is 0 Å². The summed E-state index contributed by atoms with van der Waals surface area (Å²) in [6.07, 6.45) is 0. The third-order valence-electron chi connectivity index (χ3n) is 2.63. The van der Waals surface area contributed by atoms with Crippen molar-refractivity contribution in [1.29, 1.82) is 0 Å². The van der Waals surface area contributed by atoms with Crippen LogP contribution in [-0.2, 0) is 0 Å². The van der Waals surface area contributed by atoms with E-state index in [0.717, 1.165) is 23.1 Å². The molecular weight excluding hydrogens is 351 g/mol. The molecule has 0 spiro atoms. The second kappa shape index (κ2) is 6.18. The van der Waals surface area contributed by atoms with Crippen LogP contribution in [0.2, 0.25) is 0 Å². The first-order valence-electron chi connectivity index (χ1n) is 6.18. The van der Waals surface area contributed by atoms with Crippen LogP contribution in [0.4, 0.5) is 17.3 Å².